The number of amides is 4. The van der Waals surface area contributed by atoms with Crippen molar-refractivity contribution >= 4 is 48.3 Å². The standard InChI is InChI=1S/C21H25F3N2O5S.C21H28N2O5S/c1-20-7-6-15-14-5-3-13(29-32-31-30-25)10-12(14)2-4-16(15)17(20)11-18(27)26(19(20)28)9-8-21(22,23)24;1-3-10-23-19(24)12-18-17-6-4-13-11-14(26-29-28-27-22)5-7-15(13)16(17)8-9-21(18,2)20(23)25/h3,5,10,15-17H,2,4,6-9,11,25H2,1H3;5,7,11,16-18H,3-4,6,8-10,12,22H2,1-2H3/t15?,16?,17?,20-;16?,17?,18?,21-/m00/s1. The molecule has 61 heavy (non-hydrogen) atoms. The molecule has 19 heteroatoms. The molecule has 14 nitrogen and oxygen atoms in total. The summed E-state index contributed by atoms with van der Waals surface area (Å²) in [7, 11) is 0. The number of carbonyl (C=O) groups excluding carboxylic acids is 4. The van der Waals surface area contributed by atoms with Gasteiger partial charge in [-0.25, -0.2) is 0 Å². The van der Waals surface area contributed by atoms with E-state index >= 15 is 0 Å². The van der Waals surface area contributed by atoms with Crippen molar-refractivity contribution in [2.75, 3.05) is 13.1 Å². The quantitative estimate of drug-likeness (QED) is 0.0690. The number of likely N-dealkylation sites (tertiary alicyclic amines) is 2. The van der Waals surface area contributed by atoms with Crippen LogP contribution in [0, 0.1) is 34.5 Å². The van der Waals surface area contributed by atoms with Crippen LogP contribution in [0.3, 0.4) is 0 Å². The average molecular weight is 895 g/mol. The Hall–Kier alpha value is -3.43. The molecular weight excluding hydrogens is 842 g/mol. The minimum atomic E-state index is -4.41. The fraction of sp³-hybridized carbons (Fsp3) is 0.619. The third kappa shape index (κ3) is 9.17. The molecule has 4 N–H and O–H groups in total. The van der Waals surface area contributed by atoms with Crippen LogP contribution in [0.25, 0.3) is 0 Å². The minimum Gasteiger partial charge on any atom is -0.399 e. The van der Waals surface area contributed by atoms with Crippen LogP contribution in [0.4, 0.5) is 13.2 Å². The summed E-state index contributed by atoms with van der Waals surface area (Å²) in [4.78, 5) is 62.2. The van der Waals surface area contributed by atoms with Gasteiger partial charge < -0.3 is 8.37 Å². The maximum atomic E-state index is 13.2. The van der Waals surface area contributed by atoms with Crippen molar-refractivity contribution in [3.05, 3.63) is 58.7 Å². The van der Waals surface area contributed by atoms with Gasteiger partial charge in [0.25, 0.3) is 24.6 Å². The molecule has 6 aliphatic rings. The Bertz CT molecular complexity index is 1980. The van der Waals surface area contributed by atoms with Crippen LogP contribution in [0.15, 0.2) is 36.4 Å². The number of nitrogens with zero attached hydrogens (tertiary/aromatic N) is 2. The molecule has 4 amide bonds. The number of carbonyl (C=O) groups is 4. The number of piperidine rings is 2. The number of imide groups is 2. The molecule has 8 atom stereocenters. The van der Waals surface area contributed by atoms with E-state index < -0.39 is 41.8 Å². The molecule has 2 saturated heterocycles. The summed E-state index contributed by atoms with van der Waals surface area (Å²) >= 11 is 1.27. The number of benzene rings is 2. The first-order valence-electron chi connectivity index (χ1n) is 20.9. The van der Waals surface area contributed by atoms with Gasteiger partial charge in [-0.05, 0) is 140 Å². The number of hydrogen-bond donors (Lipinski definition) is 2. The maximum Gasteiger partial charge on any atom is 0.390 e. The van der Waals surface area contributed by atoms with Crippen LogP contribution < -0.4 is 20.2 Å². The van der Waals surface area contributed by atoms with Gasteiger partial charge in [-0.15, -0.1) is 18.6 Å². The summed E-state index contributed by atoms with van der Waals surface area (Å²) in [5.41, 5.74) is 3.69. The first kappa shape index (κ1) is 45.6. The van der Waals surface area contributed by atoms with E-state index in [4.69, 9.17) is 20.2 Å². The Morgan fingerprint density at radius 1 is 0.705 bits per heavy atom. The SMILES string of the molecule is CCCN1C(=O)CC2C3CCc4cc(OSOON)ccc4C3CC[C@]2(C)C1=O.C[C@]12CCC3c4ccc(OSOON)cc4CCC3C1CC(=O)N(CCC(F)(F)F)C2=O. The van der Waals surface area contributed by atoms with Gasteiger partial charge in [0.05, 0.1) is 17.3 Å². The molecule has 6 unspecified atom stereocenters. The van der Waals surface area contributed by atoms with Crippen LogP contribution in [0.1, 0.15) is 119 Å². The highest BCUT2D eigenvalue weighted by molar-refractivity contribution is 7.90. The Labute approximate surface area is 361 Å². The number of rotatable bonds is 12. The zero-order valence-electron chi connectivity index (χ0n) is 34.4. The van der Waals surface area contributed by atoms with E-state index in [-0.39, 0.29) is 41.9 Å². The Balaban J connectivity index is 0.000000185. The minimum absolute atomic E-state index is 0.00803. The Morgan fingerprint density at radius 2 is 1.15 bits per heavy atom. The molecule has 2 aromatic carbocycles. The fourth-order valence-corrected chi connectivity index (χ4v) is 12.1. The van der Waals surface area contributed by atoms with Crippen molar-refractivity contribution in [1.82, 2.24) is 9.80 Å². The second kappa shape index (κ2) is 18.7. The molecule has 4 aliphatic carbocycles. The molecule has 2 saturated carbocycles. The zero-order valence-corrected chi connectivity index (χ0v) is 36.0. The van der Waals surface area contributed by atoms with Gasteiger partial charge in [-0.3, -0.25) is 29.0 Å². The topological polar surface area (TPSA) is 182 Å². The third-order valence-electron chi connectivity index (χ3n) is 14.5. The highest BCUT2D eigenvalue weighted by Crippen LogP contribution is 2.60. The lowest BCUT2D eigenvalue weighted by Gasteiger charge is -2.54. The largest absolute Gasteiger partial charge is 0.399 e. The van der Waals surface area contributed by atoms with Gasteiger partial charge >= 0.3 is 6.18 Å². The summed E-state index contributed by atoms with van der Waals surface area (Å²) in [5.74, 6) is 11.0. The van der Waals surface area contributed by atoms with Gasteiger partial charge in [0, 0.05) is 25.9 Å². The summed E-state index contributed by atoms with van der Waals surface area (Å²) in [5, 5.41) is 0. The van der Waals surface area contributed by atoms with Crippen molar-refractivity contribution in [2.45, 2.75) is 116 Å². The summed E-state index contributed by atoms with van der Waals surface area (Å²) in [6.45, 7) is 5.87. The van der Waals surface area contributed by atoms with E-state index in [1.54, 1.807) is 0 Å². The molecule has 0 spiro atoms. The molecule has 2 heterocycles. The molecule has 4 fully saturated rings. The molecule has 0 radical (unpaired) electrons. The van der Waals surface area contributed by atoms with Crippen molar-refractivity contribution in [3.63, 3.8) is 0 Å². The smallest absolute Gasteiger partial charge is 0.390 e. The van der Waals surface area contributed by atoms with Crippen molar-refractivity contribution in [2.24, 2.45) is 46.3 Å². The molecule has 0 aromatic heterocycles. The second-order valence-corrected chi connectivity index (χ2v) is 18.4. The van der Waals surface area contributed by atoms with Crippen LogP contribution in [-0.4, -0.2) is 52.7 Å². The Kier molecular flexibility index (Phi) is 14.0. The lowest BCUT2D eigenvalue weighted by atomic mass is 9.52. The summed E-state index contributed by atoms with van der Waals surface area (Å²) in [6.07, 6.45) is 2.42. The van der Waals surface area contributed by atoms with Crippen molar-refractivity contribution in [3.8, 4) is 11.5 Å². The van der Waals surface area contributed by atoms with Crippen LogP contribution >= 0.6 is 24.6 Å². The van der Waals surface area contributed by atoms with E-state index in [1.807, 2.05) is 44.2 Å². The fourth-order valence-electron chi connectivity index (χ4n) is 11.6. The second-order valence-electron chi connectivity index (χ2n) is 17.6. The van der Waals surface area contributed by atoms with Gasteiger partial charge in [0.1, 0.15) is 11.5 Å². The molecular formula is C42H53F3N4O10S2. The molecule has 8 rings (SSSR count). The molecule has 2 aromatic rings. The van der Waals surface area contributed by atoms with E-state index in [0.29, 0.717) is 67.4 Å². The molecule has 334 valence electrons. The van der Waals surface area contributed by atoms with Gasteiger partial charge in [-0.1, -0.05) is 32.9 Å². The number of aryl methyl sites for hydroxylation is 2. The number of fused-ring (bicyclic) bond motifs is 10. The Morgan fingerprint density at radius 3 is 1.56 bits per heavy atom. The predicted octanol–water partition coefficient (Wildman–Crippen LogP) is 7.91. The number of halogens is 3. The number of hydrogen-bond acceptors (Lipinski definition) is 14. The predicted molar refractivity (Wildman–Crippen MR) is 216 cm³/mol. The first-order valence-corrected chi connectivity index (χ1v) is 22.2. The maximum absolute atomic E-state index is 13.2. The number of alkyl halides is 3. The van der Waals surface area contributed by atoms with Crippen LogP contribution in [0.2, 0.25) is 0 Å². The van der Waals surface area contributed by atoms with E-state index in [2.05, 4.69) is 31.6 Å². The average Bonchev–Trinajstić information content (AvgIpc) is 3.23. The van der Waals surface area contributed by atoms with E-state index in [1.165, 1.54) is 21.6 Å². The van der Waals surface area contributed by atoms with Crippen molar-refractivity contribution in [1.29, 1.82) is 0 Å². The van der Waals surface area contributed by atoms with Gasteiger partial charge in [0.2, 0.25) is 23.6 Å². The van der Waals surface area contributed by atoms with Gasteiger partial charge in [-0.2, -0.15) is 25.0 Å². The highest BCUT2D eigenvalue weighted by Gasteiger charge is 2.59. The first-order chi connectivity index (χ1) is 29.1. The summed E-state index contributed by atoms with van der Waals surface area (Å²) < 4.78 is 57.8. The normalized spacial score (nSPS) is 30.5. The molecule has 0 bridgehead atoms. The lowest BCUT2D eigenvalue weighted by molar-refractivity contribution is -0.199. The monoisotopic (exact) mass is 894 g/mol. The number of nitrogens with two attached hydrogens (primary N) is 2. The van der Waals surface area contributed by atoms with Gasteiger partial charge in [0.15, 0.2) is 0 Å². The van der Waals surface area contributed by atoms with E-state index in [9.17, 15) is 32.3 Å². The summed E-state index contributed by atoms with van der Waals surface area (Å²) in [6, 6.07) is 11.8. The highest BCUT2D eigenvalue weighted by atomic mass is 32.2. The van der Waals surface area contributed by atoms with Crippen molar-refractivity contribution < 1.29 is 59.4 Å². The zero-order chi connectivity index (χ0) is 43.7. The van der Waals surface area contributed by atoms with Crippen LogP contribution in [-0.2, 0) is 50.7 Å². The lowest BCUT2D eigenvalue weighted by Crippen LogP contribution is -2.59. The third-order valence-corrected chi connectivity index (χ3v) is 15.3. The molecule has 2 aliphatic heterocycles. The van der Waals surface area contributed by atoms with Crippen LogP contribution in [0.5, 0.6) is 11.5 Å². The van der Waals surface area contributed by atoms with E-state index in [0.717, 1.165) is 61.8 Å².